The number of pyridine rings is 1. The maximum Gasteiger partial charge on any atom is 0.137 e. The van der Waals surface area contributed by atoms with Gasteiger partial charge in [-0.1, -0.05) is 12.1 Å². The lowest BCUT2D eigenvalue weighted by molar-refractivity contribution is 0.248. The molecule has 1 aromatic carbocycles. The van der Waals surface area contributed by atoms with E-state index in [9.17, 15) is 4.39 Å². The molecular weight excluding hydrogens is 295 g/mol. The zero-order valence-electron chi connectivity index (χ0n) is 12.1. The summed E-state index contributed by atoms with van der Waals surface area (Å²) in [5.41, 5.74) is 2.63. The molecule has 1 N–H and O–H groups in total. The largest absolute Gasteiger partial charge is 0.459 e. The van der Waals surface area contributed by atoms with E-state index in [0.717, 1.165) is 11.2 Å². The fourth-order valence-corrected chi connectivity index (χ4v) is 2.55. The molecule has 0 radical (unpaired) electrons. The first-order valence-electron chi connectivity index (χ1n) is 7.18. The Labute approximate surface area is 131 Å². The first-order chi connectivity index (χ1) is 11.2. The molecule has 3 aromatic heterocycles. The maximum absolute atomic E-state index is 13.9. The summed E-state index contributed by atoms with van der Waals surface area (Å²) in [7, 11) is 0. The van der Waals surface area contributed by atoms with Crippen LogP contribution in [0.4, 0.5) is 4.39 Å². The van der Waals surface area contributed by atoms with Gasteiger partial charge in [0.05, 0.1) is 5.69 Å². The Morgan fingerprint density at radius 1 is 1.04 bits per heavy atom. The minimum absolute atomic E-state index is 0.134. The van der Waals surface area contributed by atoms with Crippen LogP contribution in [-0.2, 0) is 6.61 Å². The normalized spacial score (nSPS) is 11.2. The predicted molar refractivity (Wildman–Crippen MR) is 84.2 cm³/mol. The number of fused-ring (bicyclic) bond motifs is 1. The molecule has 0 fully saturated rings. The van der Waals surface area contributed by atoms with Crippen molar-refractivity contribution < 1.29 is 13.9 Å². The molecule has 3 heterocycles. The minimum atomic E-state index is -0.297. The van der Waals surface area contributed by atoms with Gasteiger partial charge >= 0.3 is 0 Å². The van der Waals surface area contributed by atoms with Gasteiger partial charge in [0.25, 0.3) is 0 Å². The molecule has 0 aliphatic rings. The molecule has 0 saturated heterocycles. The van der Waals surface area contributed by atoms with E-state index in [1.807, 2.05) is 22.7 Å². The molecule has 4 aromatic rings. The highest BCUT2D eigenvalue weighted by Crippen LogP contribution is 2.26. The fourth-order valence-electron chi connectivity index (χ4n) is 2.55. The van der Waals surface area contributed by atoms with Crippen molar-refractivity contribution in [1.29, 1.82) is 0 Å². The Bertz CT molecular complexity index is 988. The highest BCUT2D eigenvalue weighted by Gasteiger charge is 2.10. The van der Waals surface area contributed by atoms with E-state index in [1.165, 1.54) is 6.07 Å². The number of hydrogen-bond acceptors (Lipinski definition) is 3. The Morgan fingerprint density at radius 3 is 2.70 bits per heavy atom. The van der Waals surface area contributed by atoms with Gasteiger partial charge in [0.1, 0.15) is 29.6 Å². The van der Waals surface area contributed by atoms with Crippen LogP contribution in [0.25, 0.3) is 28.2 Å². The molecule has 0 spiro atoms. The third kappa shape index (κ3) is 2.41. The third-order valence-corrected chi connectivity index (χ3v) is 3.70. The fraction of sp³-hybridized carbons (Fsp3) is 0.0556. The number of aliphatic hydroxyl groups excluding tert-OH is 1. The van der Waals surface area contributed by atoms with Crippen LogP contribution >= 0.6 is 0 Å². The highest BCUT2D eigenvalue weighted by atomic mass is 19.1. The van der Waals surface area contributed by atoms with Gasteiger partial charge in [-0.3, -0.25) is 0 Å². The molecule has 0 aliphatic heterocycles. The van der Waals surface area contributed by atoms with Crippen LogP contribution < -0.4 is 0 Å². The number of hydrogen-bond donors (Lipinski definition) is 1. The van der Waals surface area contributed by atoms with Crippen LogP contribution in [0, 0.1) is 5.82 Å². The topological polar surface area (TPSA) is 50.7 Å². The van der Waals surface area contributed by atoms with Gasteiger partial charge < -0.3 is 13.9 Å². The van der Waals surface area contributed by atoms with Crippen LogP contribution in [0.2, 0.25) is 0 Å². The smallest absolute Gasteiger partial charge is 0.137 e. The average Bonchev–Trinajstić information content (AvgIpc) is 3.21. The molecule has 0 bridgehead atoms. The van der Waals surface area contributed by atoms with Gasteiger partial charge in [0.2, 0.25) is 0 Å². The second-order valence-corrected chi connectivity index (χ2v) is 5.21. The number of benzene rings is 1. The maximum atomic E-state index is 13.9. The van der Waals surface area contributed by atoms with Gasteiger partial charge in [-0.25, -0.2) is 9.37 Å². The molecule has 4 nitrogen and oxygen atoms in total. The summed E-state index contributed by atoms with van der Waals surface area (Å²) in [4.78, 5) is 4.45. The molecule has 23 heavy (non-hydrogen) atoms. The predicted octanol–water partition coefficient (Wildman–Crippen LogP) is 3.89. The molecule has 4 rings (SSSR count). The van der Waals surface area contributed by atoms with Gasteiger partial charge in [-0.2, -0.15) is 0 Å². The standard InChI is InChI=1S/C18H13FN2O2/c19-15-4-2-1-3-14(15)16-10-21-9-12(5-8-18(21)20-16)17-7-6-13(11-22)23-17/h1-10,22H,11H2. The van der Waals surface area contributed by atoms with E-state index in [1.54, 1.807) is 36.5 Å². The van der Waals surface area contributed by atoms with Gasteiger partial charge in [0, 0.05) is 23.5 Å². The number of rotatable bonds is 3. The molecule has 0 aliphatic carbocycles. The van der Waals surface area contributed by atoms with Crippen LogP contribution in [0.15, 0.2) is 65.3 Å². The third-order valence-electron chi connectivity index (χ3n) is 3.70. The van der Waals surface area contributed by atoms with E-state index >= 15 is 0 Å². The number of furan rings is 1. The number of aromatic nitrogens is 2. The second-order valence-electron chi connectivity index (χ2n) is 5.21. The summed E-state index contributed by atoms with van der Waals surface area (Å²) in [6.45, 7) is -0.134. The molecular formula is C18H13FN2O2. The summed E-state index contributed by atoms with van der Waals surface area (Å²) in [5.74, 6) is 0.879. The number of nitrogens with zero attached hydrogens (tertiary/aromatic N) is 2. The van der Waals surface area contributed by atoms with Crippen molar-refractivity contribution in [3.05, 3.63) is 72.5 Å². The molecule has 0 amide bonds. The van der Waals surface area contributed by atoms with E-state index in [2.05, 4.69) is 4.98 Å². The Morgan fingerprint density at radius 2 is 1.91 bits per heavy atom. The number of aliphatic hydroxyl groups is 1. The lowest BCUT2D eigenvalue weighted by Gasteiger charge is -1.98. The van der Waals surface area contributed by atoms with Gasteiger partial charge in [-0.05, 0) is 36.4 Å². The lowest BCUT2D eigenvalue weighted by atomic mass is 10.1. The summed E-state index contributed by atoms with van der Waals surface area (Å²) in [6.07, 6.45) is 3.65. The summed E-state index contributed by atoms with van der Waals surface area (Å²) >= 11 is 0. The molecule has 5 heteroatoms. The van der Waals surface area contributed by atoms with Gasteiger partial charge in [-0.15, -0.1) is 0 Å². The van der Waals surface area contributed by atoms with Crippen molar-refractivity contribution >= 4 is 5.65 Å². The molecule has 0 atom stereocenters. The van der Waals surface area contributed by atoms with Crippen molar-refractivity contribution in [3.8, 4) is 22.6 Å². The van der Waals surface area contributed by atoms with Crippen LogP contribution in [0.5, 0.6) is 0 Å². The second kappa shape index (κ2) is 5.37. The average molecular weight is 308 g/mol. The summed E-state index contributed by atoms with van der Waals surface area (Å²) in [6, 6.07) is 13.8. The summed E-state index contributed by atoms with van der Waals surface area (Å²) in [5, 5.41) is 9.08. The number of halogens is 1. The summed E-state index contributed by atoms with van der Waals surface area (Å²) < 4.78 is 21.3. The Kier molecular flexibility index (Phi) is 3.20. The zero-order chi connectivity index (χ0) is 15.8. The first kappa shape index (κ1) is 13.7. The monoisotopic (exact) mass is 308 g/mol. The van der Waals surface area contributed by atoms with Crippen LogP contribution in [0.1, 0.15) is 5.76 Å². The van der Waals surface area contributed by atoms with Crippen LogP contribution in [0.3, 0.4) is 0 Å². The molecule has 0 saturated carbocycles. The first-order valence-corrected chi connectivity index (χ1v) is 7.18. The van der Waals surface area contributed by atoms with E-state index < -0.39 is 0 Å². The zero-order valence-corrected chi connectivity index (χ0v) is 12.1. The van der Waals surface area contributed by atoms with E-state index in [4.69, 9.17) is 9.52 Å². The van der Waals surface area contributed by atoms with E-state index in [-0.39, 0.29) is 12.4 Å². The van der Waals surface area contributed by atoms with Gasteiger partial charge in [0.15, 0.2) is 0 Å². The molecule has 114 valence electrons. The lowest BCUT2D eigenvalue weighted by Crippen LogP contribution is -1.84. The minimum Gasteiger partial charge on any atom is -0.459 e. The Hall–Kier alpha value is -2.92. The van der Waals surface area contributed by atoms with Crippen molar-refractivity contribution in [2.75, 3.05) is 0 Å². The highest BCUT2D eigenvalue weighted by molar-refractivity contribution is 5.66. The van der Waals surface area contributed by atoms with Crippen molar-refractivity contribution in [1.82, 2.24) is 9.38 Å². The number of imidazole rings is 1. The SMILES string of the molecule is OCc1ccc(-c2ccc3nc(-c4ccccc4F)cn3c2)o1. The van der Waals surface area contributed by atoms with Crippen molar-refractivity contribution in [2.24, 2.45) is 0 Å². The molecule has 0 unspecified atom stereocenters. The quantitative estimate of drug-likeness (QED) is 0.624. The van der Waals surface area contributed by atoms with E-state index in [0.29, 0.717) is 22.8 Å². The Balaban J connectivity index is 1.79. The van der Waals surface area contributed by atoms with Crippen molar-refractivity contribution in [2.45, 2.75) is 6.61 Å². The van der Waals surface area contributed by atoms with Crippen LogP contribution in [-0.4, -0.2) is 14.5 Å². The van der Waals surface area contributed by atoms with Crippen molar-refractivity contribution in [3.63, 3.8) is 0 Å².